The number of aromatic nitrogens is 1. The van der Waals surface area contributed by atoms with Gasteiger partial charge in [-0.3, -0.25) is 0 Å². The van der Waals surface area contributed by atoms with Crippen LogP contribution in [0.5, 0.6) is 0 Å². The minimum atomic E-state index is 0.889. The largest absolute Gasteiger partial charge is 0.196 e. The van der Waals surface area contributed by atoms with E-state index < -0.39 is 0 Å². The molecule has 0 amide bonds. The van der Waals surface area contributed by atoms with Crippen molar-refractivity contribution in [2.45, 2.75) is 0 Å². The van der Waals surface area contributed by atoms with Crippen LogP contribution >= 0.6 is 11.5 Å². The number of rotatable bonds is 0. The summed E-state index contributed by atoms with van der Waals surface area (Å²) in [6, 6.07) is 8.12. The van der Waals surface area contributed by atoms with Gasteiger partial charge in [0.05, 0.1) is 10.4 Å². The molecule has 1 radical (unpaired) electrons. The summed E-state index contributed by atoms with van der Waals surface area (Å²) in [5.74, 6) is 0. The Labute approximate surface area is 63.5 Å². The summed E-state index contributed by atoms with van der Waals surface area (Å²) in [5, 5.41) is 1.17. The van der Waals surface area contributed by atoms with Crippen LogP contribution in [-0.2, 0) is 0 Å². The number of nitrogens with zero attached hydrogens (tertiary/aromatic N) is 1. The van der Waals surface area contributed by atoms with E-state index in [-0.39, 0.29) is 0 Å². The lowest BCUT2D eigenvalue weighted by molar-refractivity contribution is 1.50. The Morgan fingerprint density at radius 2 is 2.10 bits per heavy atom. The molecule has 1 nitrogen and oxygen atoms in total. The molecule has 0 fully saturated rings. The molecule has 1 heterocycles. The number of fused-ring (bicyclic) bond motifs is 1. The second-order valence-corrected chi connectivity index (χ2v) is 2.93. The summed E-state index contributed by atoms with van der Waals surface area (Å²) in [6.07, 6.45) is 0. The van der Waals surface area contributed by atoms with E-state index in [1.807, 2.05) is 18.2 Å². The van der Waals surface area contributed by atoms with Gasteiger partial charge in [-0.05, 0) is 24.5 Å². The molecule has 0 saturated carbocycles. The smallest absolute Gasteiger partial charge is 0.0624 e. The van der Waals surface area contributed by atoms with Gasteiger partial charge in [0.25, 0.3) is 0 Å². The zero-order valence-corrected chi connectivity index (χ0v) is 6.19. The van der Waals surface area contributed by atoms with Gasteiger partial charge in [0.15, 0.2) is 0 Å². The summed E-state index contributed by atoms with van der Waals surface area (Å²) < 4.78 is 5.34. The predicted molar refractivity (Wildman–Crippen MR) is 44.1 cm³/mol. The molecule has 1 aromatic heterocycles. The average molecular weight is 148 g/mol. The molecule has 2 rings (SSSR count). The molecule has 0 saturated heterocycles. The zero-order chi connectivity index (χ0) is 6.97. The topological polar surface area (TPSA) is 12.9 Å². The van der Waals surface area contributed by atoms with E-state index in [2.05, 4.69) is 17.4 Å². The summed E-state index contributed by atoms with van der Waals surface area (Å²) in [5.41, 5.74) is 0.889. The second kappa shape index (κ2) is 2.06. The van der Waals surface area contributed by atoms with Crippen LogP contribution in [0.1, 0.15) is 5.69 Å². The van der Waals surface area contributed by atoms with Crippen molar-refractivity contribution < 1.29 is 0 Å². The normalized spacial score (nSPS) is 10.5. The third kappa shape index (κ3) is 0.727. The van der Waals surface area contributed by atoms with Gasteiger partial charge in [0, 0.05) is 5.39 Å². The molecule has 0 atom stereocenters. The van der Waals surface area contributed by atoms with Gasteiger partial charge in [0.2, 0.25) is 0 Å². The fraction of sp³-hybridized carbons (Fsp3) is 0. The molecule has 0 N–H and O–H groups in total. The molecule has 0 bridgehead atoms. The minimum Gasteiger partial charge on any atom is -0.196 e. The van der Waals surface area contributed by atoms with Gasteiger partial charge >= 0.3 is 0 Å². The van der Waals surface area contributed by atoms with Crippen molar-refractivity contribution in [1.82, 2.24) is 4.37 Å². The summed E-state index contributed by atoms with van der Waals surface area (Å²) in [6.45, 7) is 3.81. The van der Waals surface area contributed by atoms with E-state index in [4.69, 9.17) is 0 Å². The molecule has 0 aliphatic heterocycles. The van der Waals surface area contributed by atoms with Crippen molar-refractivity contribution in [3.63, 3.8) is 0 Å². The van der Waals surface area contributed by atoms with E-state index in [1.54, 1.807) is 0 Å². The summed E-state index contributed by atoms with van der Waals surface area (Å²) >= 11 is 1.50. The summed E-state index contributed by atoms with van der Waals surface area (Å²) in [4.78, 5) is 0. The highest BCUT2D eigenvalue weighted by molar-refractivity contribution is 7.13. The standard InChI is InChI=1S/C8H6NS/c1-6-7-4-2-3-5-8(7)10-9-6/h2-5H,1H2. The van der Waals surface area contributed by atoms with Crippen LogP contribution in [0.25, 0.3) is 10.1 Å². The zero-order valence-electron chi connectivity index (χ0n) is 5.37. The molecule has 10 heavy (non-hydrogen) atoms. The van der Waals surface area contributed by atoms with E-state index >= 15 is 0 Å². The van der Waals surface area contributed by atoms with Crippen molar-refractivity contribution in [2.75, 3.05) is 0 Å². The van der Waals surface area contributed by atoms with Crippen LogP contribution in [0.2, 0.25) is 0 Å². The Morgan fingerprint density at radius 1 is 1.30 bits per heavy atom. The molecule has 0 spiro atoms. The first-order valence-corrected chi connectivity index (χ1v) is 3.81. The highest BCUT2D eigenvalue weighted by atomic mass is 32.1. The van der Waals surface area contributed by atoms with Crippen molar-refractivity contribution in [3.8, 4) is 0 Å². The summed E-state index contributed by atoms with van der Waals surface area (Å²) in [7, 11) is 0. The van der Waals surface area contributed by atoms with Crippen molar-refractivity contribution >= 4 is 21.6 Å². The molecule has 0 unspecified atom stereocenters. The Morgan fingerprint density at radius 3 is 2.90 bits per heavy atom. The predicted octanol–water partition coefficient (Wildman–Crippen LogP) is 2.48. The average Bonchev–Trinajstić information content (AvgIpc) is 2.34. The van der Waals surface area contributed by atoms with Crippen LogP contribution in [0.15, 0.2) is 24.3 Å². The lowest BCUT2D eigenvalue weighted by Gasteiger charge is -1.84. The van der Waals surface area contributed by atoms with E-state index in [0.717, 1.165) is 5.69 Å². The molecular formula is C8H6NS. The third-order valence-corrected chi connectivity index (χ3v) is 2.32. The lowest BCUT2D eigenvalue weighted by Crippen LogP contribution is -1.66. The maximum Gasteiger partial charge on any atom is 0.0624 e. The van der Waals surface area contributed by atoms with Crippen LogP contribution in [-0.4, -0.2) is 4.37 Å². The van der Waals surface area contributed by atoms with Crippen LogP contribution in [0.3, 0.4) is 0 Å². The first-order chi connectivity index (χ1) is 4.88. The Hall–Kier alpha value is -0.890. The number of hydrogen-bond donors (Lipinski definition) is 0. The van der Waals surface area contributed by atoms with Crippen molar-refractivity contribution in [1.29, 1.82) is 0 Å². The highest BCUT2D eigenvalue weighted by Gasteiger charge is 1.97. The van der Waals surface area contributed by atoms with Gasteiger partial charge in [0.1, 0.15) is 0 Å². The molecule has 0 aliphatic rings. The third-order valence-electron chi connectivity index (χ3n) is 1.45. The molecule has 0 aliphatic carbocycles. The van der Waals surface area contributed by atoms with Crippen molar-refractivity contribution in [2.24, 2.45) is 0 Å². The molecular weight excluding hydrogens is 142 g/mol. The fourth-order valence-corrected chi connectivity index (χ4v) is 1.67. The van der Waals surface area contributed by atoms with E-state index in [9.17, 15) is 0 Å². The number of hydrogen-bond acceptors (Lipinski definition) is 2. The molecule has 1 aromatic carbocycles. The SMILES string of the molecule is [CH2]c1nsc2ccccc12. The first-order valence-electron chi connectivity index (χ1n) is 3.04. The van der Waals surface area contributed by atoms with Crippen molar-refractivity contribution in [3.05, 3.63) is 36.9 Å². The van der Waals surface area contributed by atoms with Gasteiger partial charge < -0.3 is 0 Å². The minimum absolute atomic E-state index is 0.889. The van der Waals surface area contributed by atoms with Gasteiger partial charge in [-0.2, -0.15) is 4.37 Å². The molecule has 2 aromatic rings. The van der Waals surface area contributed by atoms with Crippen LogP contribution in [0.4, 0.5) is 0 Å². The maximum absolute atomic E-state index is 4.13. The van der Waals surface area contributed by atoms with Gasteiger partial charge in [-0.15, -0.1) is 0 Å². The van der Waals surface area contributed by atoms with E-state index in [0.29, 0.717) is 0 Å². The fourth-order valence-electron chi connectivity index (χ4n) is 0.938. The van der Waals surface area contributed by atoms with Gasteiger partial charge in [-0.1, -0.05) is 18.2 Å². The van der Waals surface area contributed by atoms with Crippen LogP contribution < -0.4 is 0 Å². The van der Waals surface area contributed by atoms with Gasteiger partial charge in [-0.25, -0.2) is 0 Å². The molecule has 49 valence electrons. The van der Waals surface area contributed by atoms with E-state index in [1.165, 1.54) is 21.6 Å². The maximum atomic E-state index is 4.13. The Bertz CT molecular complexity index is 351. The highest BCUT2D eigenvalue weighted by Crippen LogP contribution is 2.20. The quantitative estimate of drug-likeness (QED) is 0.559. The monoisotopic (exact) mass is 148 g/mol. The molecule has 2 heteroatoms. The van der Waals surface area contributed by atoms with Crippen LogP contribution in [0, 0.1) is 6.92 Å². The Balaban J connectivity index is 2.93. The lowest BCUT2D eigenvalue weighted by atomic mass is 10.2. The first kappa shape index (κ1) is 5.86. The Kier molecular flexibility index (Phi) is 1.21. The second-order valence-electron chi connectivity index (χ2n) is 2.13. The number of benzene rings is 1.